The number of pyridine rings is 1. The number of benzene rings is 2. The molecule has 0 radical (unpaired) electrons. The molecule has 4 aromatic rings. The number of ether oxygens (including phenoxy) is 2. The zero-order valence-corrected chi connectivity index (χ0v) is 27.2. The number of piperazine rings is 1. The molecule has 47 heavy (non-hydrogen) atoms. The molecule has 4 heterocycles. The van der Waals surface area contributed by atoms with Crippen molar-refractivity contribution in [2.75, 3.05) is 44.2 Å². The fraction of sp³-hybridized carbons (Fsp3) is 0.429. The predicted molar refractivity (Wildman–Crippen MR) is 177 cm³/mol. The SMILES string of the molecule is Cn1nc(-c2ccc(=O)[nH]c2OCc2ccccc2)c2cccc(N3CCN(C(=O)C4CCN(C(=O)OC(C)(C)C)CC4F)CC3)c21. The predicted octanol–water partition coefficient (Wildman–Crippen LogP) is 4.75. The molecule has 248 valence electrons. The highest BCUT2D eigenvalue weighted by Crippen LogP contribution is 2.37. The van der Waals surface area contributed by atoms with Crippen LogP contribution in [-0.2, 0) is 23.2 Å². The first-order chi connectivity index (χ1) is 22.5. The number of likely N-dealkylation sites (tertiary alicyclic amines) is 1. The Kier molecular flexibility index (Phi) is 8.94. The minimum atomic E-state index is -1.45. The van der Waals surface area contributed by atoms with E-state index in [-0.39, 0.29) is 31.0 Å². The molecule has 0 spiro atoms. The van der Waals surface area contributed by atoms with Gasteiger partial charge >= 0.3 is 6.09 Å². The zero-order chi connectivity index (χ0) is 33.3. The van der Waals surface area contributed by atoms with E-state index in [1.165, 1.54) is 11.0 Å². The molecule has 0 bridgehead atoms. The van der Waals surface area contributed by atoms with Gasteiger partial charge in [-0.3, -0.25) is 19.3 Å². The number of aromatic nitrogens is 3. The third kappa shape index (κ3) is 6.96. The van der Waals surface area contributed by atoms with Gasteiger partial charge in [-0.25, -0.2) is 9.18 Å². The number of carbonyl (C=O) groups is 2. The Hall–Kier alpha value is -4.87. The van der Waals surface area contributed by atoms with Crippen LogP contribution in [0.4, 0.5) is 14.9 Å². The number of hydrogen-bond donors (Lipinski definition) is 1. The van der Waals surface area contributed by atoms with E-state index in [1.54, 1.807) is 31.7 Å². The summed E-state index contributed by atoms with van der Waals surface area (Å²) in [6.45, 7) is 7.79. The van der Waals surface area contributed by atoms with Crippen molar-refractivity contribution < 1.29 is 23.5 Å². The van der Waals surface area contributed by atoms with Crippen molar-refractivity contribution >= 4 is 28.6 Å². The molecule has 1 N–H and O–H groups in total. The molecule has 0 aliphatic carbocycles. The zero-order valence-electron chi connectivity index (χ0n) is 27.2. The first kappa shape index (κ1) is 32.1. The lowest BCUT2D eigenvalue weighted by Crippen LogP contribution is -2.55. The van der Waals surface area contributed by atoms with Crippen molar-refractivity contribution in [3.63, 3.8) is 0 Å². The number of piperidine rings is 1. The van der Waals surface area contributed by atoms with E-state index in [4.69, 9.17) is 14.6 Å². The van der Waals surface area contributed by atoms with Crippen molar-refractivity contribution in [2.24, 2.45) is 13.0 Å². The molecule has 2 aromatic heterocycles. The van der Waals surface area contributed by atoms with E-state index in [9.17, 15) is 14.4 Å². The summed E-state index contributed by atoms with van der Waals surface area (Å²) >= 11 is 0. The lowest BCUT2D eigenvalue weighted by atomic mass is 9.93. The minimum absolute atomic E-state index is 0.148. The highest BCUT2D eigenvalue weighted by Gasteiger charge is 2.40. The van der Waals surface area contributed by atoms with Crippen molar-refractivity contribution in [1.82, 2.24) is 24.6 Å². The van der Waals surface area contributed by atoms with Crippen LogP contribution in [0.3, 0.4) is 0 Å². The molecule has 2 atom stereocenters. The normalized spacial score (nSPS) is 18.8. The van der Waals surface area contributed by atoms with Gasteiger partial charge in [0.25, 0.3) is 5.56 Å². The van der Waals surface area contributed by atoms with Crippen LogP contribution >= 0.6 is 0 Å². The number of hydrogen-bond acceptors (Lipinski definition) is 7. The maximum absolute atomic E-state index is 15.2. The Bertz CT molecular complexity index is 1810. The van der Waals surface area contributed by atoms with Gasteiger partial charge in [0.2, 0.25) is 11.8 Å². The number of carbonyl (C=O) groups excluding carboxylic acids is 2. The van der Waals surface area contributed by atoms with Crippen molar-refractivity contribution in [3.05, 3.63) is 76.6 Å². The van der Waals surface area contributed by atoms with E-state index < -0.39 is 23.8 Å². The first-order valence-corrected chi connectivity index (χ1v) is 16.0. The topological polar surface area (TPSA) is 113 Å². The summed E-state index contributed by atoms with van der Waals surface area (Å²) in [5.41, 5.74) is 3.29. The van der Waals surface area contributed by atoms with Crippen molar-refractivity contribution in [2.45, 2.75) is 45.6 Å². The fourth-order valence-corrected chi connectivity index (χ4v) is 6.33. The van der Waals surface area contributed by atoms with Gasteiger partial charge in [-0.05, 0) is 44.9 Å². The maximum Gasteiger partial charge on any atom is 0.410 e. The van der Waals surface area contributed by atoms with Crippen LogP contribution in [0.2, 0.25) is 0 Å². The Morgan fingerprint density at radius 2 is 1.70 bits per heavy atom. The van der Waals surface area contributed by atoms with E-state index in [2.05, 4.69) is 9.88 Å². The summed E-state index contributed by atoms with van der Waals surface area (Å²) in [7, 11) is 1.89. The number of alkyl halides is 1. The van der Waals surface area contributed by atoms with Gasteiger partial charge in [0.05, 0.1) is 29.2 Å². The van der Waals surface area contributed by atoms with Gasteiger partial charge in [-0.15, -0.1) is 0 Å². The number of nitrogens with one attached hydrogen (secondary N) is 1. The van der Waals surface area contributed by atoms with Crippen LogP contribution in [0, 0.1) is 5.92 Å². The summed E-state index contributed by atoms with van der Waals surface area (Å²) < 4.78 is 28.5. The molecular formula is C35H41FN6O5. The summed E-state index contributed by atoms with van der Waals surface area (Å²) in [6.07, 6.45) is -1.74. The Morgan fingerprint density at radius 1 is 0.957 bits per heavy atom. The minimum Gasteiger partial charge on any atom is -0.474 e. The van der Waals surface area contributed by atoms with E-state index >= 15 is 4.39 Å². The fourth-order valence-electron chi connectivity index (χ4n) is 6.33. The smallest absolute Gasteiger partial charge is 0.410 e. The molecule has 0 saturated carbocycles. The first-order valence-electron chi connectivity index (χ1n) is 16.0. The lowest BCUT2D eigenvalue weighted by Gasteiger charge is -2.40. The standard InChI is InChI=1S/C35H41FN6O5/c1-35(2,3)47-34(45)42-16-15-24(27(36)21-42)33(44)41-19-17-40(18-20-41)28-12-8-11-25-30(38-39(4)31(25)28)26-13-14-29(43)37-32(26)46-22-23-9-6-5-7-10-23/h5-14,24,27H,15-22H2,1-4H3,(H,37,43). The number of halogens is 1. The molecule has 11 nitrogen and oxygen atoms in total. The van der Waals surface area contributed by atoms with Gasteiger partial charge in [0.15, 0.2) is 0 Å². The summed E-state index contributed by atoms with van der Waals surface area (Å²) in [5.74, 6) is -0.635. The maximum atomic E-state index is 15.2. The van der Waals surface area contributed by atoms with Gasteiger partial charge in [-0.1, -0.05) is 42.5 Å². The number of nitrogens with zero attached hydrogens (tertiary/aromatic N) is 5. The molecular weight excluding hydrogens is 603 g/mol. The van der Waals surface area contributed by atoms with Crippen LogP contribution in [0.25, 0.3) is 22.2 Å². The van der Waals surface area contributed by atoms with Crippen LogP contribution < -0.4 is 15.2 Å². The number of rotatable bonds is 6. The van der Waals surface area contributed by atoms with Gasteiger partial charge in [0.1, 0.15) is 24.1 Å². The highest BCUT2D eigenvalue weighted by atomic mass is 19.1. The Balaban J connectivity index is 1.15. The van der Waals surface area contributed by atoms with Crippen LogP contribution in [0.15, 0.2) is 65.5 Å². The number of amides is 2. The molecule has 2 aromatic carbocycles. The van der Waals surface area contributed by atoms with E-state index in [0.717, 1.165) is 22.2 Å². The lowest BCUT2D eigenvalue weighted by molar-refractivity contribution is -0.140. The molecule has 2 fully saturated rings. The van der Waals surface area contributed by atoms with Crippen LogP contribution in [0.1, 0.15) is 32.8 Å². The number of anilines is 1. The molecule has 2 aliphatic rings. The average Bonchev–Trinajstić information content (AvgIpc) is 3.39. The number of H-pyrrole nitrogens is 1. The highest BCUT2D eigenvalue weighted by molar-refractivity contribution is 6.01. The van der Waals surface area contributed by atoms with Gasteiger partial charge in [0, 0.05) is 51.2 Å². The summed E-state index contributed by atoms with van der Waals surface area (Å²) in [4.78, 5) is 46.2. The second kappa shape index (κ2) is 13.1. The number of para-hydroxylation sites is 1. The quantitative estimate of drug-likeness (QED) is 0.322. The van der Waals surface area contributed by atoms with Crippen LogP contribution in [0.5, 0.6) is 5.88 Å². The number of aryl methyl sites for hydroxylation is 1. The van der Waals surface area contributed by atoms with E-state index in [0.29, 0.717) is 49.9 Å². The summed E-state index contributed by atoms with van der Waals surface area (Å²) in [5, 5.41) is 5.76. The largest absolute Gasteiger partial charge is 0.474 e. The molecule has 2 unspecified atom stereocenters. The van der Waals surface area contributed by atoms with Gasteiger partial charge < -0.3 is 24.2 Å². The molecule has 2 aliphatic heterocycles. The Labute approximate surface area is 272 Å². The third-order valence-corrected chi connectivity index (χ3v) is 8.65. The number of aromatic amines is 1. The molecule has 2 amide bonds. The van der Waals surface area contributed by atoms with E-state index in [1.807, 2.05) is 60.3 Å². The molecule has 6 rings (SSSR count). The second-order valence-corrected chi connectivity index (χ2v) is 13.1. The van der Waals surface area contributed by atoms with Crippen molar-refractivity contribution in [1.29, 1.82) is 0 Å². The second-order valence-electron chi connectivity index (χ2n) is 13.1. The Morgan fingerprint density at radius 3 is 2.40 bits per heavy atom. The third-order valence-electron chi connectivity index (χ3n) is 8.65. The summed E-state index contributed by atoms with van der Waals surface area (Å²) in [6, 6.07) is 18.9. The average molecular weight is 645 g/mol. The molecule has 12 heteroatoms. The van der Waals surface area contributed by atoms with Crippen molar-refractivity contribution in [3.8, 4) is 17.1 Å². The monoisotopic (exact) mass is 644 g/mol. The molecule has 2 saturated heterocycles. The van der Waals surface area contributed by atoms with Crippen LogP contribution in [-0.4, -0.2) is 87.6 Å². The number of fused-ring (bicyclic) bond motifs is 1. The van der Waals surface area contributed by atoms with Gasteiger partial charge in [-0.2, -0.15) is 5.10 Å².